The van der Waals surface area contributed by atoms with Crippen LogP contribution in [0.15, 0.2) is 0 Å². The first-order valence-corrected chi connectivity index (χ1v) is 4.73. The van der Waals surface area contributed by atoms with Gasteiger partial charge in [0, 0.05) is 16.7 Å². The van der Waals surface area contributed by atoms with Crippen molar-refractivity contribution in [3.05, 3.63) is 0 Å². The quantitative estimate of drug-likeness (QED) is 0.545. The molecular formula is C8H9BrO. The summed E-state index contributed by atoms with van der Waals surface area (Å²) in [6.07, 6.45) is 3.48. The fraction of sp³-hybridized carbons (Fsp3) is 0.875. The molecule has 4 atom stereocenters. The van der Waals surface area contributed by atoms with Crippen LogP contribution in [-0.4, -0.2) is 10.1 Å². The summed E-state index contributed by atoms with van der Waals surface area (Å²) in [5, 5.41) is 0. The van der Waals surface area contributed by atoms with Crippen LogP contribution in [0.2, 0.25) is 0 Å². The largest absolute Gasteiger partial charge is 0.299 e. The zero-order chi connectivity index (χ0) is 6.93. The summed E-state index contributed by atoms with van der Waals surface area (Å²) in [6.45, 7) is 0. The first-order valence-electron chi connectivity index (χ1n) is 3.93. The third kappa shape index (κ3) is 0.429. The first-order chi connectivity index (χ1) is 4.72. The molecule has 0 amide bonds. The van der Waals surface area contributed by atoms with Gasteiger partial charge in [-0.25, -0.2) is 0 Å². The molecule has 4 aliphatic carbocycles. The monoisotopic (exact) mass is 200 g/mol. The van der Waals surface area contributed by atoms with Gasteiger partial charge in [0.25, 0.3) is 0 Å². The highest BCUT2D eigenvalue weighted by Gasteiger charge is 2.73. The molecule has 4 saturated carbocycles. The smallest absolute Gasteiger partial charge is 0.137 e. The van der Waals surface area contributed by atoms with Crippen molar-refractivity contribution < 1.29 is 4.79 Å². The van der Waals surface area contributed by atoms with E-state index in [-0.39, 0.29) is 0 Å². The Morgan fingerprint density at radius 3 is 2.70 bits per heavy atom. The number of hydrogen-bond acceptors (Lipinski definition) is 1. The molecule has 0 aromatic carbocycles. The van der Waals surface area contributed by atoms with E-state index in [1.54, 1.807) is 0 Å². The van der Waals surface area contributed by atoms with Crippen LogP contribution in [0.1, 0.15) is 19.3 Å². The van der Waals surface area contributed by atoms with E-state index in [4.69, 9.17) is 0 Å². The molecule has 0 saturated heterocycles. The van der Waals surface area contributed by atoms with E-state index in [1.807, 2.05) is 0 Å². The Morgan fingerprint density at radius 1 is 1.60 bits per heavy atom. The Balaban J connectivity index is 2.06. The van der Waals surface area contributed by atoms with E-state index in [0.29, 0.717) is 16.0 Å². The fourth-order valence-corrected chi connectivity index (χ4v) is 4.39. The lowest BCUT2D eigenvalue weighted by atomic mass is 9.85. The zero-order valence-electron chi connectivity index (χ0n) is 5.64. The predicted octanol–water partition coefficient (Wildman–Crippen LogP) is 1.75. The summed E-state index contributed by atoms with van der Waals surface area (Å²) in [7, 11) is 0. The lowest BCUT2D eigenvalue weighted by Crippen LogP contribution is -2.24. The first kappa shape index (κ1) is 5.76. The second-order valence-corrected chi connectivity index (χ2v) is 5.46. The lowest BCUT2D eigenvalue weighted by Gasteiger charge is -2.21. The maximum absolute atomic E-state index is 11.3. The van der Waals surface area contributed by atoms with E-state index in [0.717, 1.165) is 18.3 Å². The van der Waals surface area contributed by atoms with Gasteiger partial charge >= 0.3 is 0 Å². The van der Waals surface area contributed by atoms with Gasteiger partial charge in [0.15, 0.2) is 0 Å². The van der Waals surface area contributed by atoms with Gasteiger partial charge in [-0.3, -0.25) is 4.79 Å². The van der Waals surface area contributed by atoms with E-state index < -0.39 is 0 Å². The van der Waals surface area contributed by atoms with Gasteiger partial charge in [-0.2, -0.15) is 0 Å². The van der Waals surface area contributed by atoms with Crippen LogP contribution in [0.25, 0.3) is 0 Å². The molecule has 0 N–H and O–H groups in total. The summed E-state index contributed by atoms with van der Waals surface area (Å²) in [5.74, 6) is 2.43. The predicted molar refractivity (Wildman–Crippen MR) is 41.0 cm³/mol. The summed E-state index contributed by atoms with van der Waals surface area (Å²) in [4.78, 5) is 11.3. The van der Waals surface area contributed by atoms with Crippen LogP contribution in [0.4, 0.5) is 0 Å². The van der Waals surface area contributed by atoms with Crippen molar-refractivity contribution in [1.29, 1.82) is 0 Å². The molecule has 0 aromatic rings. The number of ketones is 1. The zero-order valence-corrected chi connectivity index (χ0v) is 7.23. The van der Waals surface area contributed by atoms with Crippen LogP contribution < -0.4 is 0 Å². The van der Waals surface area contributed by atoms with Crippen molar-refractivity contribution >= 4 is 21.7 Å². The maximum atomic E-state index is 11.3. The molecule has 0 aromatic heterocycles. The normalized spacial score (nSPS) is 62.9. The molecule has 4 rings (SSSR count). The van der Waals surface area contributed by atoms with Crippen molar-refractivity contribution in [2.24, 2.45) is 17.8 Å². The van der Waals surface area contributed by atoms with Gasteiger partial charge in [0.05, 0.1) is 0 Å². The molecule has 0 heterocycles. The molecule has 4 unspecified atom stereocenters. The van der Waals surface area contributed by atoms with E-state index in [2.05, 4.69) is 15.9 Å². The summed E-state index contributed by atoms with van der Waals surface area (Å²) < 4.78 is 0.312. The molecule has 0 spiro atoms. The SMILES string of the molecule is O=C1CC2CC3C1C3(Br)C2. The lowest BCUT2D eigenvalue weighted by molar-refractivity contribution is -0.123. The molecule has 4 aliphatic rings. The fourth-order valence-electron chi connectivity index (χ4n) is 3.04. The minimum atomic E-state index is 0.312. The number of carbonyl (C=O) groups is 1. The van der Waals surface area contributed by atoms with Crippen molar-refractivity contribution in [3.63, 3.8) is 0 Å². The van der Waals surface area contributed by atoms with Crippen molar-refractivity contribution in [2.75, 3.05) is 0 Å². The van der Waals surface area contributed by atoms with Gasteiger partial charge < -0.3 is 0 Å². The Morgan fingerprint density at radius 2 is 2.40 bits per heavy atom. The highest BCUT2D eigenvalue weighted by atomic mass is 79.9. The summed E-state index contributed by atoms with van der Waals surface area (Å²) in [6, 6.07) is 0. The van der Waals surface area contributed by atoms with E-state index in [1.165, 1.54) is 12.8 Å². The second kappa shape index (κ2) is 1.36. The molecule has 0 radical (unpaired) electrons. The van der Waals surface area contributed by atoms with E-state index >= 15 is 0 Å². The summed E-state index contributed by atoms with van der Waals surface area (Å²) in [5.41, 5.74) is 0. The molecule has 10 heavy (non-hydrogen) atoms. The topological polar surface area (TPSA) is 17.1 Å². The molecule has 54 valence electrons. The molecule has 0 aliphatic heterocycles. The summed E-state index contributed by atoms with van der Waals surface area (Å²) >= 11 is 3.69. The number of rotatable bonds is 0. The number of fused-ring (bicyclic) bond motifs is 1. The number of halogens is 1. The number of alkyl halides is 1. The Bertz CT molecular complexity index is 225. The molecule has 1 nitrogen and oxygen atoms in total. The Hall–Kier alpha value is 0.150. The van der Waals surface area contributed by atoms with Crippen molar-refractivity contribution in [2.45, 2.75) is 23.6 Å². The van der Waals surface area contributed by atoms with Crippen LogP contribution in [0.3, 0.4) is 0 Å². The van der Waals surface area contributed by atoms with Crippen LogP contribution in [0, 0.1) is 17.8 Å². The molecule has 4 fully saturated rings. The van der Waals surface area contributed by atoms with Gasteiger partial charge in [-0.15, -0.1) is 0 Å². The van der Waals surface area contributed by atoms with Gasteiger partial charge in [0.1, 0.15) is 5.78 Å². The highest BCUT2D eigenvalue weighted by Crippen LogP contribution is 2.72. The van der Waals surface area contributed by atoms with Crippen LogP contribution >= 0.6 is 15.9 Å². The van der Waals surface area contributed by atoms with E-state index in [9.17, 15) is 4.79 Å². The number of Topliss-reactive ketones (excluding diaryl/α,β-unsaturated/α-hetero) is 1. The minimum Gasteiger partial charge on any atom is -0.299 e. The second-order valence-electron chi connectivity index (χ2n) is 3.99. The maximum Gasteiger partial charge on any atom is 0.137 e. The average Bonchev–Trinajstić information content (AvgIpc) is 2.28. The number of carbonyl (C=O) groups excluding carboxylic acids is 1. The molecule has 2 heteroatoms. The third-order valence-corrected chi connectivity index (χ3v) is 4.86. The standard InChI is InChI=1S/C8H9BrO/c9-8-3-4-1-5(8)7(8)6(10)2-4/h4-5,7H,1-3H2. The Labute approximate surface area is 68.3 Å². The van der Waals surface area contributed by atoms with Gasteiger partial charge in [-0.1, -0.05) is 15.9 Å². The van der Waals surface area contributed by atoms with Crippen LogP contribution in [-0.2, 0) is 4.79 Å². The van der Waals surface area contributed by atoms with Crippen molar-refractivity contribution in [3.8, 4) is 0 Å². The highest BCUT2D eigenvalue weighted by molar-refractivity contribution is 9.10. The third-order valence-electron chi connectivity index (χ3n) is 3.45. The molecular weight excluding hydrogens is 192 g/mol. The van der Waals surface area contributed by atoms with Gasteiger partial charge in [0.2, 0.25) is 0 Å². The van der Waals surface area contributed by atoms with Gasteiger partial charge in [-0.05, 0) is 24.7 Å². The number of hydrogen-bond donors (Lipinski definition) is 0. The minimum absolute atomic E-state index is 0.312. The van der Waals surface area contributed by atoms with Crippen molar-refractivity contribution in [1.82, 2.24) is 0 Å². The molecule has 4 bridgehead atoms. The Kier molecular flexibility index (Phi) is 0.782. The van der Waals surface area contributed by atoms with Crippen LogP contribution in [0.5, 0.6) is 0 Å². The average molecular weight is 201 g/mol.